The fourth-order valence-electron chi connectivity index (χ4n) is 2.56. The summed E-state index contributed by atoms with van der Waals surface area (Å²) in [6.45, 7) is 2.12. The van der Waals surface area contributed by atoms with Gasteiger partial charge in [-0.25, -0.2) is 0 Å². The minimum Gasteiger partial charge on any atom is -0.392 e. The lowest BCUT2D eigenvalue weighted by atomic mass is 9.89. The molecule has 0 fully saturated rings. The quantitative estimate of drug-likeness (QED) is 0.727. The highest BCUT2D eigenvalue weighted by atomic mass is 16.3. The first-order chi connectivity index (χ1) is 10.3. The summed E-state index contributed by atoms with van der Waals surface area (Å²) >= 11 is 0. The first-order valence-electron chi connectivity index (χ1n) is 7.75. The molecular formula is C20H24O. The Bertz CT molecular complexity index is 530. The minimum atomic E-state index is -0.351. The van der Waals surface area contributed by atoms with Crippen LogP contribution in [0.15, 0.2) is 72.8 Å². The molecule has 0 saturated carbocycles. The van der Waals surface area contributed by atoms with E-state index in [-0.39, 0.29) is 12.0 Å². The summed E-state index contributed by atoms with van der Waals surface area (Å²) in [5.74, 6) is 0.0786. The van der Waals surface area contributed by atoms with Gasteiger partial charge >= 0.3 is 0 Å². The first-order valence-corrected chi connectivity index (χ1v) is 7.75. The monoisotopic (exact) mass is 280 g/mol. The molecule has 0 aliphatic carbocycles. The van der Waals surface area contributed by atoms with Gasteiger partial charge in [0, 0.05) is 5.92 Å². The van der Waals surface area contributed by atoms with E-state index in [1.54, 1.807) is 0 Å². The second kappa shape index (κ2) is 8.43. The third-order valence-electron chi connectivity index (χ3n) is 3.75. The number of aliphatic hydroxyl groups is 1. The van der Waals surface area contributed by atoms with E-state index < -0.39 is 0 Å². The SMILES string of the molecule is CCC=C[C@H](c1ccccc1)[C@H](O)CCc1ccccc1. The third kappa shape index (κ3) is 4.87. The molecule has 0 amide bonds. The highest BCUT2D eigenvalue weighted by Crippen LogP contribution is 2.24. The normalized spacial score (nSPS) is 14.2. The van der Waals surface area contributed by atoms with Crippen LogP contribution in [0.1, 0.15) is 36.8 Å². The van der Waals surface area contributed by atoms with Crippen LogP contribution >= 0.6 is 0 Å². The number of hydrogen-bond donors (Lipinski definition) is 1. The van der Waals surface area contributed by atoms with E-state index in [0.717, 1.165) is 19.3 Å². The standard InChI is InChI=1S/C20H24O/c1-2-3-14-19(18-12-8-5-9-13-18)20(21)16-15-17-10-6-4-7-11-17/h3-14,19-21H,2,15-16H2,1H3/t19-,20-/m1/s1. The number of aliphatic hydroxyl groups excluding tert-OH is 1. The lowest BCUT2D eigenvalue weighted by Crippen LogP contribution is -2.17. The van der Waals surface area contributed by atoms with Crippen LogP contribution in [-0.4, -0.2) is 11.2 Å². The van der Waals surface area contributed by atoms with Gasteiger partial charge in [0.15, 0.2) is 0 Å². The van der Waals surface area contributed by atoms with Gasteiger partial charge in [-0.15, -0.1) is 0 Å². The molecule has 0 spiro atoms. The Hall–Kier alpha value is -1.86. The second-order valence-corrected chi connectivity index (χ2v) is 5.36. The Kier molecular flexibility index (Phi) is 6.23. The number of allylic oxidation sites excluding steroid dienone is 1. The number of hydrogen-bond acceptors (Lipinski definition) is 1. The number of benzene rings is 2. The van der Waals surface area contributed by atoms with Gasteiger partial charge in [-0.3, -0.25) is 0 Å². The predicted molar refractivity (Wildman–Crippen MR) is 89.4 cm³/mol. The fourth-order valence-corrected chi connectivity index (χ4v) is 2.56. The molecule has 1 nitrogen and oxygen atoms in total. The molecule has 2 atom stereocenters. The van der Waals surface area contributed by atoms with Crippen molar-refractivity contribution in [2.45, 2.75) is 38.2 Å². The van der Waals surface area contributed by atoms with Gasteiger partial charge in [0.1, 0.15) is 0 Å². The Balaban J connectivity index is 2.04. The zero-order valence-electron chi connectivity index (χ0n) is 12.7. The summed E-state index contributed by atoms with van der Waals surface area (Å²) in [4.78, 5) is 0. The Morgan fingerprint density at radius 2 is 1.57 bits per heavy atom. The highest BCUT2D eigenvalue weighted by molar-refractivity contribution is 5.25. The topological polar surface area (TPSA) is 20.2 Å². The maximum atomic E-state index is 10.6. The first kappa shape index (κ1) is 15.5. The van der Waals surface area contributed by atoms with Crippen molar-refractivity contribution in [3.63, 3.8) is 0 Å². The van der Waals surface area contributed by atoms with E-state index >= 15 is 0 Å². The molecule has 0 unspecified atom stereocenters. The summed E-state index contributed by atoms with van der Waals surface area (Å²) in [6, 6.07) is 20.6. The van der Waals surface area contributed by atoms with Gasteiger partial charge in [-0.1, -0.05) is 79.7 Å². The maximum absolute atomic E-state index is 10.6. The third-order valence-corrected chi connectivity index (χ3v) is 3.75. The highest BCUT2D eigenvalue weighted by Gasteiger charge is 2.18. The van der Waals surface area contributed by atoms with Gasteiger partial charge in [-0.05, 0) is 30.4 Å². The van der Waals surface area contributed by atoms with E-state index in [2.05, 4.69) is 43.3 Å². The Morgan fingerprint density at radius 3 is 2.19 bits per heavy atom. The van der Waals surface area contributed by atoms with Crippen LogP contribution in [-0.2, 0) is 6.42 Å². The molecule has 0 radical (unpaired) electrons. The van der Waals surface area contributed by atoms with Crippen LogP contribution in [0, 0.1) is 0 Å². The molecule has 0 aliphatic heterocycles. The van der Waals surface area contributed by atoms with E-state index in [9.17, 15) is 5.11 Å². The van der Waals surface area contributed by atoms with Crippen LogP contribution in [0.4, 0.5) is 0 Å². The molecule has 1 N–H and O–H groups in total. The van der Waals surface area contributed by atoms with Crippen molar-refractivity contribution in [1.82, 2.24) is 0 Å². The summed E-state index contributed by atoms with van der Waals surface area (Å²) in [5, 5.41) is 10.6. The average molecular weight is 280 g/mol. The van der Waals surface area contributed by atoms with Crippen molar-refractivity contribution in [1.29, 1.82) is 0 Å². The molecule has 2 aromatic carbocycles. The predicted octanol–water partition coefficient (Wildman–Crippen LogP) is 4.73. The average Bonchev–Trinajstić information content (AvgIpc) is 2.55. The van der Waals surface area contributed by atoms with E-state index in [0.29, 0.717) is 0 Å². The Labute approximate surface area is 128 Å². The largest absolute Gasteiger partial charge is 0.392 e. The van der Waals surface area contributed by atoms with Crippen LogP contribution in [0.25, 0.3) is 0 Å². The zero-order valence-corrected chi connectivity index (χ0v) is 12.7. The van der Waals surface area contributed by atoms with Crippen molar-refractivity contribution in [3.8, 4) is 0 Å². The van der Waals surface area contributed by atoms with Gasteiger partial charge in [0.05, 0.1) is 6.10 Å². The van der Waals surface area contributed by atoms with Crippen molar-refractivity contribution in [3.05, 3.63) is 83.9 Å². The molecule has 1 heteroatoms. The lowest BCUT2D eigenvalue weighted by molar-refractivity contribution is 0.149. The molecule has 0 bridgehead atoms. The van der Waals surface area contributed by atoms with Crippen molar-refractivity contribution in [2.24, 2.45) is 0 Å². The van der Waals surface area contributed by atoms with Crippen LogP contribution in [0.2, 0.25) is 0 Å². The van der Waals surface area contributed by atoms with Crippen molar-refractivity contribution >= 4 is 0 Å². The lowest BCUT2D eigenvalue weighted by Gasteiger charge is -2.20. The van der Waals surface area contributed by atoms with Crippen molar-refractivity contribution in [2.75, 3.05) is 0 Å². The molecule has 2 rings (SSSR count). The van der Waals surface area contributed by atoms with Crippen molar-refractivity contribution < 1.29 is 5.11 Å². The molecule has 110 valence electrons. The molecule has 0 heterocycles. The van der Waals surface area contributed by atoms with E-state index in [4.69, 9.17) is 0 Å². The van der Waals surface area contributed by atoms with E-state index in [1.165, 1.54) is 11.1 Å². The molecule has 0 saturated heterocycles. The van der Waals surface area contributed by atoms with E-state index in [1.807, 2.05) is 36.4 Å². The van der Waals surface area contributed by atoms with Gasteiger partial charge in [-0.2, -0.15) is 0 Å². The zero-order chi connectivity index (χ0) is 14.9. The summed E-state index contributed by atoms with van der Waals surface area (Å²) < 4.78 is 0. The summed E-state index contributed by atoms with van der Waals surface area (Å²) in [7, 11) is 0. The van der Waals surface area contributed by atoms with Gasteiger partial charge in [0.2, 0.25) is 0 Å². The fraction of sp³-hybridized carbons (Fsp3) is 0.300. The minimum absolute atomic E-state index is 0.0786. The molecule has 0 aromatic heterocycles. The number of aryl methyl sites for hydroxylation is 1. The molecule has 2 aromatic rings. The smallest absolute Gasteiger partial charge is 0.0646 e. The maximum Gasteiger partial charge on any atom is 0.0646 e. The van der Waals surface area contributed by atoms with Gasteiger partial charge in [0.25, 0.3) is 0 Å². The van der Waals surface area contributed by atoms with Gasteiger partial charge < -0.3 is 5.11 Å². The molecular weight excluding hydrogens is 256 g/mol. The Morgan fingerprint density at radius 1 is 0.952 bits per heavy atom. The van der Waals surface area contributed by atoms with Crippen LogP contribution in [0.5, 0.6) is 0 Å². The molecule has 0 aliphatic rings. The van der Waals surface area contributed by atoms with Crippen LogP contribution in [0.3, 0.4) is 0 Å². The summed E-state index contributed by atoms with van der Waals surface area (Å²) in [5.41, 5.74) is 2.46. The number of rotatable bonds is 7. The summed E-state index contributed by atoms with van der Waals surface area (Å²) in [6.07, 6.45) is 6.61. The molecule has 21 heavy (non-hydrogen) atoms. The van der Waals surface area contributed by atoms with Crippen LogP contribution < -0.4 is 0 Å². The second-order valence-electron chi connectivity index (χ2n) is 5.36.